The topological polar surface area (TPSA) is 60.0 Å². The van der Waals surface area contributed by atoms with Crippen LogP contribution in [0.2, 0.25) is 0 Å². The van der Waals surface area contributed by atoms with Crippen LogP contribution in [-0.2, 0) is 11.3 Å². The summed E-state index contributed by atoms with van der Waals surface area (Å²) in [5, 5.41) is 0. The van der Waals surface area contributed by atoms with Gasteiger partial charge in [0.1, 0.15) is 5.82 Å². The van der Waals surface area contributed by atoms with Gasteiger partial charge in [-0.15, -0.1) is 0 Å². The summed E-state index contributed by atoms with van der Waals surface area (Å²) in [5.74, 6) is -0.0497. The number of amides is 2. The zero-order valence-electron chi connectivity index (χ0n) is 21.4. The smallest absolute Gasteiger partial charge is 0.259 e. The highest BCUT2D eigenvalue weighted by Crippen LogP contribution is 2.26. The van der Waals surface area contributed by atoms with Crippen LogP contribution in [0.25, 0.3) is 0 Å². The number of hydrogen-bond donors (Lipinski definition) is 0. The molecule has 3 rings (SSSR count). The van der Waals surface area contributed by atoms with Gasteiger partial charge in [-0.05, 0) is 81.8 Å². The van der Waals surface area contributed by atoms with Gasteiger partial charge in [-0.3, -0.25) is 14.6 Å². The maximum atomic E-state index is 14.4. The largest absolute Gasteiger partial charge is 0.337 e. The number of fused-ring (bicyclic) bond motifs is 1. The third-order valence-electron chi connectivity index (χ3n) is 6.03. The first kappa shape index (κ1) is 26.8. The molecule has 2 aromatic rings. The summed E-state index contributed by atoms with van der Waals surface area (Å²) in [6.07, 6.45) is 4.82. The van der Waals surface area contributed by atoms with E-state index in [0.717, 1.165) is 32.5 Å². The van der Waals surface area contributed by atoms with Crippen LogP contribution in [0.3, 0.4) is 0 Å². The molecule has 35 heavy (non-hydrogen) atoms. The van der Waals surface area contributed by atoms with Crippen LogP contribution >= 0.6 is 0 Å². The molecule has 1 aliphatic heterocycles. The van der Waals surface area contributed by atoms with Crippen molar-refractivity contribution >= 4 is 17.5 Å². The van der Waals surface area contributed by atoms with Crippen LogP contribution in [0, 0.1) is 11.7 Å². The summed E-state index contributed by atoms with van der Waals surface area (Å²) in [5.41, 5.74) is 1.75. The van der Waals surface area contributed by atoms with Gasteiger partial charge in [-0.1, -0.05) is 13.8 Å². The van der Waals surface area contributed by atoms with Crippen LogP contribution in [-0.4, -0.2) is 84.9 Å². The van der Waals surface area contributed by atoms with Gasteiger partial charge >= 0.3 is 0 Å². The Balaban J connectivity index is 2.01. The van der Waals surface area contributed by atoms with Gasteiger partial charge in [-0.2, -0.15) is 0 Å². The number of carbonyl (C=O) groups is 2. The van der Waals surface area contributed by atoms with Crippen molar-refractivity contribution < 1.29 is 14.0 Å². The molecule has 0 N–H and O–H groups in total. The number of hydrogen-bond acceptors (Lipinski definition) is 5. The lowest BCUT2D eigenvalue weighted by atomic mass is 10.1. The molecule has 1 aromatic heterocycles. The third-order valence-corrected chi connectivity index (χ3v) is 6.03. The molecular weight excluding hydrogens is 445 g/mol. The van der Waals surface area contributed by atoms with Gasteiger partial charge in [0.15, 0.2) is 0 Å². The van der Waals surface area contributed by atoms with Crippen LogP contribution in [0.5, 0.6) is 0 Å². The van der Waals surface area contributed by atoms with E-state index >= 15 is 0 Å². The highest BCUT2D eigenvalue weighted by molar-refractivity contribution is 6.06. The summed E-state index contributed by atoms with van der Waals surface area (Å²) in [4.78, 5) is 38.6. The van der Waals surface area contributed by atoms with E-state index in [9.17, 15) is 14.0 Å². The van der Waals surface area contributed by atoms with E-state index in [1.807, 2.05) is 19.0 Å². The third kappa shape index (κ3) is 7.83. The van der Waals surface area contributed by atoms with E-state index in [1.54, 1.807) is 40.4 Å². The number of anilines is 1. The van der Waals surface area contributed by atoms with Gasteiger partial charge in [0.05, 0.1) is 12.1 Å². The second-order valence-electron chi connectivity index (χ2n) is 9.93. The number of nitrogens with zero attached hydrogens (tertiary/aromatic N) is 5. The minimum atomic E-state index is -0.382. The minimum absolute atomic E-state index is 0.0113. The lowest BCUT2D eigenvalue weighted by Crippen LogP contribution is -2.41. The summed E-state index contributed by atoms with van der Waals surface area (Å²) < 4.78 is 14.4. The number of pyridine rings is 1. The summed E-state index contributed by atoms with van der Waals surface area (Å²) in [6, 6.07) is 7.97. The van der Waals surface area contributed by atoms with Crippen LogP contribution in [0.4, 0.5) is 10.1 Å². The second kappa shape index (κ2) is 12.7. The van der Waals surface area contributed by atoms with Gasteiger partial charge in [0.25, 0.3) is 5.91 Å². The van der Waals surface area contributed by atoms with Crippen molar-refractivity contribution in [2.24, 2.45) is 5.92 Å². The number of aromatic nitrogens is 1. The molecule has 8 heteroatoms. The minimum Gasteiger partial charge on any atom is -0.337 e. The zero-order chi connectivity index (χ0) is 25.4. The Bertz CT molecular complexity index is 983. The number of halogens is 1. The van der Waals surface area contributed by atoms with Crippen molar-refractivity contribution in [3.63, 3.8) is 0 Å². The standard InChI is InChI=1S/C27H38FN5O2/c1-21(2)18-31-12-6-14-32(26(34)20-30(3)4)19-23-16-24(28)9-10-25(23)33(15-7-13-31)27(35)22-8-5-11-29-17-22/h5,8-11,16-17,21H,6-7,12-15,18-20H2,1-4H3. The summed E-state index contributed by atoms with van der Waals surface area (Å²) >= 11 is 0. The van der Waals surface area contributed by atoms with Crippen molar-refractivity contribution in [1.82, 2.24) is 19.7 Å². The maximum Gasteiger partial charge on any atom is 0.259 e. The van der Waals surface area contributed by atoms with Crippen LogP contribution in [0.1, 0.15) is 42.6 Å². The van der Waals surface area contributed by atoms with Crippen molar-refractivity contribution in [2.75, 3.05) is 58.3 Å². The van der Waals surface area contributed by atoms with E-state index in [2.05, 4.69) is 23.7 Å². The molecule has 2 heterocycles. The number of rotatable bonds is 5. The summed E-state index contributed by atoms with van der Waals surface area (Å²) in [7, 11) is 3.72. The second-order valence-corrected chi connectivity index (χ2v) is 9.93. The molecule has 190 valence electrons. The van der Waals surface area contributed by atoms with Gasteiger partial charge in [-0.25, -0.2) is 4.39 Å². The zero-order valence-corrected chi connectivity index (χ0v) is 21.4. The van der Waals surface area contributed by atoms with Gasteiger partial charge < -0.3 is 19.6 Å². The Labute approximate surface area is 208 Å². The lowest BCUT2D eigenvalue weighted by molar-refractivity contribution is -0.132. The number of benzene rings is 1. The first-order valence-electron chi connectivity index (χ1n) is 12.4. The molecule has 0 saturated carbocycles. The van der Waals surface area contributed by atoms with Crippen molar-refractivity contribution in [3.05, 3.63) is 59.7 Å². The highest BCUT2D eigenvalue weighted by Gasteiger charge is 2.24. The Hall–Kier alpha value is -2.84. The van der Waals surface area contributed by atoms with Crippen LogP contribution < -0.4 is 4.90 Å². The fraction of sp³-hybridized carbons (Fsp3) is 0.519. The molecule has 0 atom stereocenters. The predicted octanol–water partition coefficient (Wildman–Crippen LogP) is 3.51. The molecule has 0 aliphatic carbocycles. The van der Waals surface area contributed by atoms with Gasteiger partial charge in [0.2, 0.25) is 5.91 Å². The molecule has 7 nitrogen and oxygen atoms in total. The van der Waals surface area contributed by atoms with Crippen molar-refractivity contribution in [1.29, 1.82) is 0 Å². The molecule has 0 radical (unpaired) electrons. The molecular formula is C27H38FN5O2. The fourth-order valence-corrected chi connectivity index (χ4v) is 4.54. The number of carbonyl (C=O) groups excluding carboxylic acids is 2. The Morgan fingerprint density at radius 1 is 1.09 bits per heavy atom. The monoisotopic (exact) mass is 483 g/mol. The lowest BCUT2D eigenvalue weighted by Gasteiger charge is -2.32. The Kier molecular flexibility index (Phi) is 9.74. The Morgan fingerprint density at radius 2 is 1.83 bits per heavy atom. The molecule has 1 aliphatic rings. The van der Waals surface area contributed by atoms with E-state index in [4.69, 9.17) is 0 Å². The predicted molar refractivity (Wildman–Crippen MR) is 137 cm³/mol. The van der Waals surface area contributed by atoms with Crippen LogP contribution in [0.15, 0.2) is 42.7 Å². The molecule has 2 amide bonds. The van der Waals surface area contributed by atoms with Crippen molar-refractivity contribution in [3.8, 4) is 0 Å². The van der Waals surface area contributed by atoms with E-state index < -0.39 is 0 Å². The normalized spacial score (nSPS) is 16.1. The molecule has 0 bridgehead atoms. The SMILES string of the molecule is CC(C)CN1CCCN(C(=O)CN(C)C)Cc2cc(F)ccc2N(C(=O)c2cccnc2)CCC1. The first-order chi connectivity index (χ1) is 16.7. The van der Waals surface area contributed by atoms with Gasteiger partial charge in [0, 0.05) is 44.3 Å². The Morgan fingerprint density at radius 3 is 2.49 bits per heavy atom. The molecule has 0 spiro atoms. The van der Waals surface area contributed by atoms with E-state index in [1.165, 1.54) is 12.1 Å². The number of likely N-dealkylation sites (N-methyl/N-ethyl adjacent to an activating group) is 1. The average molecular weight is 484 g/mol. The highest BCUT2D eigenvalue weighted by atomic mass is 19.1. The fourth-order valence-electron chi connectivity index (χ4n) is 4.54. The van der Waals surface area contributed by atoms with E-state index in [0.29, 0.717) is 35.8 Å². The molecule has 0 saturated heterocycles. The first-order valence-corrected chi connectivity index (χ1v) is 12.4. The molecule has 0 fully saturated rings. The quantitative estimate of drug-likeness (QED) is 0.652. The van der Waals surface area contributed by atoms with E-state index in [-0.39, 0.29) is 30.7 Å². The molecule has 1 aromatic carbocycles. The summed E-state index contributed by atoms with van der Waals surface area (Å²) in [6.45, 7) is 8.68. The molecule has 0 unspecified atom stereocenters. The van der Waals surface area contributed by atoms with Crippen molar-refractivity contribution in [2.45, 2.75) is 33.2 Å². The maximum absolute atomic E-state index is 14.4. The average Bonchev–Trinajstić information content (AvgIpc) is 2.80.